The number of para-hydroxylation sites is 1. The van der Waals surface area contributed by atoms with Crippen LogP contribution in [0.5, 0.6) is 0 Å². The van der Waals surface area contributed by atoms with Crippen LogP contribution in [-0.4, -0.2) is 10.7 Å². The maximum absolute atomic E-state index is 4.93. The molecule has 1 nitrogen and oxygen atoms in total. The summed E-state index contributed by atoms with van der Waals surface area (Å²) < 4.78 is 1.31. The van der Waals surface area contributed by atoms with Crippen LogP contribution in [0.25, 0.3) is 10.2 Å². The molecule has 0 aliphatic carbocycles. The second kappa shape index (κ2) is 6.26. The minimum atomic E-state index is 0.904. The number of nitrogens with zero attached hydrogens (tertiary/aromatic N) is 1. The third-order valence-corrected chi connectivity index (χ3v) is 4.01. The first-order valence-corrected chi connectivity index (χ1v) is 7.22. The van der Waals surface area contributed by atoms with E-state index in [4.69, 9.17) is 12.6 Å². The third-order valence-electron chi connectivity index (χ3n) is 2.62. The standard InChI is InChI=1S/C13H16NS2/c15-10-6-2-1-3-9-13-14-11-7-4-5-8-12(11)16-13/h4-5,7-8H,1-3,6,9-10H2. The van der Waals surface area contributed by atoms with Crippen molar-refractivity contribution in [2.45, 2.75) is 32.1 Å². The number of aromatic nitrogens is 1. The van der Waals surface area contributed by atoms with Crippen molar-refractivity contribution in [3.05, 3.63) is 29.3 Å². The van der Waals surface area contributed by atoms with Crippen LogP contribution >= 0.6 is 24.0 Å². The fourth-order valence-electron chi connectivity index (χ4n) is 1.76. The van der Waals surface area contributed by atoms with Gasteiger partial charge in [0.1, 0.15) is 0 Å². The van der Waals surface area contributed by atoms with E-state index in [9.17, 15) is 0 Å². The van der Waals surface area contributed by atoms with Gasteiger partial charge < -0.3 is 0 Å². The Labute approximate surface area is 106 Å². The van der Waals surface area contributed by atoms with Gasteiger partial charge in [-0.15, -0.1) is 11.3 Å². The second-order valence-corrected chi connectivity index (χ2v) is 5.47. The summed E-state index contributed by atoms with van der Waals surface area (Å²) in [5, 5.41) is 1.28. The minimum Gasteiger partial charge on any atom is -0.241 e. The number of fused-ring (bicyclic) bond motifs is 1. The van der Waals surface area contributed by atoms with Crippen molar-refractivity contribution in [2.24, 2.45) is 0 Å². The molecule has 2 rings (SSSR count). The quantitative estimate of drug-likeness (QED) is 0.683. The molecule has 0 amide bonds. The van der Waals surface area contributed by atoms with Crippen LogP contribution in [0.1, 0.15) is 30.7 Å². The Morgan fingerprint density at radius 2 is 1.88 bits per heavy atom. The third kappa shape index (κ3) is 3.22. The smallest absolute Gasteiger partial charge is 0.0938 e. The molecule has 0 aliphatic heterocycles. The van der Waals surface area contributed by atoms with E-state index in [1.165, 1.54) is 35.4 Å². The SMILES string of the molecule is [S]CCCCCCc1nc2ccccc2s1. The molecule has 0 fully saturated rings. The topological polar surface area (TPSA) is 12.9 Å². The first-order valence-electron chi connectivity index (χ1n) is 5.83. The van der Waals surface area contributed by atoms with Crippen LogP contribution in [0.4, 0.5) is 0 Å². The summed E-state index contributed by atoms with van der Waals surface area (Å²) >= 11 is 6.76. The lowest BCUT2D eigenvalue weighted by molar-refractivity contribution is 0.670. The predicted octanol–water partition coefficient (Wildman–Crippen LogP) is 4.60. The molecule has 0 aliphatic rings. The highest BCUT2D eigenvalue weighted by atomic mass is 32.1. The Balaban J connectivity index is 1.85. The highest BCUT2D eigenvalue weighted by molar-refractivity contribution is 7.80. The molecule has 0 unspecified atom stereocenters. The van der Waals surface area contributed by atoms with Crippen molar-refractivity contribution in [1.82, 2.24) is 4.98 Å². The van der Waals surface area contributed by atoms with Gasteiger partial charge in [0.2, 0.25) is 0 Å². The zero-order valence-electron chi connectivity index (χ0n) is 9.32. The zero-order valence-corrected chi connectivity index (χ0v) is 10.9. The zero-order chi connectivity index (χ0) is 11.2. The molecule has 0 saturated heterocycles. The van der Waals surface area contributed by atoms with E-state index in [0.29, 0.717) is 0 Å². The number of unbranched alkanes of at least 4 members (excludes halogenated alkanes) is 3. The van der Waals surface area contributed by atoms with E-state index in [2.05, 4.69) is 29.2 Å². The van der Waals surface area contributed by atoms with E-state index in [1.54, 1.807) is 0 Å². The number of hydrogen-bond donors (Lipinski definition) is 0. The molecular weight excluding hydrogens is 234 g/mol. The fourth-order valence-corrected chi connectivity index (χ4v) is 2.97. The molecule has 85 valence electrons. The molecule has 1 radical (unpaired) electrons. The highest BCUT2D eigenvalue weighted by Gasteiger charge is 2.02. The molecule has 1 aromatic carbocycles. The molecule has 0 saturated carbocycles. The van der Waals surface area contributed by atoms with Gasteiger partial charge in [-0.25, -0.2) is 4.98 Å². The summed E-state index contributed by atoms with van der Waals surface area (Å²) in [6, 6.07) is 8.36. The lowest BCUT2D eigenvalue weighted by atomic mass is 10.2. The average molecular weight is 250 g/mol. The number of hydrogen-bond acceptors (Lipinski definition) is 2. The number of thiazole rings is 1. The molecule has 0 spiro atoms. The van der Waals surface area contributed by atoms with Crippen molar-refractivity contribution in [1.29, 1.82) is 0 Å². The highest BCUT2D eigenvalue weighted by Crippen LogP contribution is 2.22. The normalized spacial score (nSPS) is 11.1. The molecule has 0 N–H and O–H groups in total. The van der Waals surface area contributed by atoms with E-state index in [0.717, 1.165) is 17.7 Å². The lowest BCUT2D eigenvalue weighted by Crippen LogP contribution is -1.85. The van der Waals surface area contributed by atoms with Crippen LogP contribution in [0.2, 0.25) is 0 Å². The molecule has 16 heavy (non-hydrogen) atoms. The summed E-state index contributed by atoms with van der Waals surface area (Å²) in [5.41, 5.74) is 1.15. The van der Waals surface area contributed by atoms with Crippen molar-refractivity contribution >= 4 is 34.2 Å². The first kappa shape index (κ1) is 11.9. The van der Waals surface area contributed by atoms with E-state index >= 15 is 0 Å². The molecule has 3 heteroatoms. The van der Waals surface area contributed by atoms with Gasteiger partial charge in [0.25, 0.3) is 0 Å². The Morgan fingerprint density at radius 3 is 2.69 bits per heavy atom. The molecular formula is C13H16NS2. The van der Waals surface area contributed by atoms with Crippen molar-refractivity contribution in [3.8, 4) is 0 Å². The van der Waals surface area contributed by atoms with E-state index in [1.807, 2.05) is 11.3 Å². The predicted molar refractivity (Wildman–Crippen MR) is 74.3 cm³/mol. The summed E-state index contributed by atoms with van der Waals surface area (Å²) in [6.45, 7) is 0. The molecule has 1 heterocycles. The summed E-state index contributed by atoms with van der Waals surface area (Å²) in [6.07, 6.45) is 6.11. The molecule has 2 aromatic rings. The number of benzene rings is 1. The van der Waals surface area contributed by atoms with Gasteiger partial charge in [-0.2, -0.15) is 0 Å². The largest absolute Gasteiger partial charge is 0.241 e. The molecule has 1 aromatic heterocycles. The Kier molecular flexibility index (Phi) is 4.67. The van der Waals surface area contributed by atoms with Crippen molar-refractivity contribution in [3.63, 3.8) is 0 Å². The first-order chi connectivity index (χ1) is 7.90. The lowest BCUT2D eigenvalue weighted by Gasteiger charge is -1.96. The van der Waals surface area contributed by atoms with Crippen LogP contribution in [0.3, 0.4) is 0 Å². The van der Waals surface area contributed by atoms with Crippen molar-refractivity contribution in [2.75, 3.05) is 5.75 Å². The van der Waals surface area contributed by atoms with Gasteiger partial charge in [-0.05, 0) is 31.4 Å². The average Bonchev–Trinajstić information content (AvgIpc) is 2.71. The van der Waals surface area contributed by atoms with Gasteiger partial charge in [0.15, 0.2) is 0 Å². The van der Waals surface area contributed by atoms with Crippen LogP contribution in [-0.2, 0) is 6.42 Å². The number of rotatable bonds is 6. The van der Waals surface area contributed by atoms with Crippen LogP contribution < -0.4 is 0 Å². The summed E-state index contributed by atoms with van der Waals surface area (Å²) in [5.74, 6) is 0.904. The van der Waals surface area contributed by atoms with E-state index in [-0.39, 0.29) is 0 Å². The maximum Gasteiger partial charge on any atom is 0.0938 e. The second-order valence-electron chi connectivity index (χ2n) is 3.94. The summed E-state index contributed by atoms with van der Waals surface area (Å²) in [4.78, 5) is 4.63. The van der Waals surface area contributed by atoms with Gasteiger partial charge >= 0.3 is 0 Å². The van der Waals surface area contributed by atoms with Gasteiger partial charge in [0, 0.05) is 5.75 Å². The van der Waals surface area contributed by atoms with E-state index < -0.39 is 0 Å². The van der Waals surface area contributed by atoms with Crippen molar-refractivity contribution < 1.29 is 0 Å². The fraction of sp³-hybridized carbons (Fsp3) is 0.462. The monoisotopic (exact) mass is 250 g/mol. The Bertz CT molecular complexity index is 403. The minimum absolute atomic E-state index is 0.904. The van der Waals surface area contributed by atoms with Crippen LogP contribution in [0.15, 0.2) is 24.3 Å². The Morgan fingerprint density at radius 1 is 1.06 bits per heavy atom. The molecule has 0 bridgehead atoms. The molecule has 0 atom stereocenters. The van der Waals surface area contributed by atoms with Crippen LogP contribution in [0, 0.1) is 0 Å². The van der Waals surface area contributed by atoms with Gasteiger partial charge in [-0.3, -0.25) is 0 Å². The maximum atomic E-state index is 4.93. The summed E-state index contributed by atoms with van der Waals surface area (Å²) in [7, 11) is 0. The van der Waals surface area contributed by atoms with Gasteiger partial charge in [-0.1, -0.05) is 37.6 Å². The number of aryl methyl sites for hydroxylation is 1. The Hall–Kier alpha value is -0.540. The van der Waals surface area contributed by atoms with Gasteiger partial charge in [0.05, 0.1) is 15.2 Å².